The lowest BCUT2D eigenvalue weighted by Crippen LogP contribution is -2.36. The molecule has 1 aliphatic rings. The molecule has 5 heteroatoms. The molecule has 178 valence electrons. The smallest absolute Gasteiger partial charge is 0.234 e. The number of hydrogen-bond donors (Lipinski definition) is 0. The predicted octanol–water partition coefficient (Wildman–Crippen LogP) is 5.81. The largest absolute Gasteiger partial charge is 0.497 e. The summed E-state index contributed by atoms with van der Waals surface area (Å²) in [5.74, 6) is 1.54. The minimum atomic E-state index is -0.188. The van der Waals surface area contributed by atoms with Crippen molar-refractivity contribution in [3.05, 3.63) is 83.4 Å². The molecule has 5 nitrogen and oxygen atoms in total. The fourth-order valence-electron chi connectivity index (χ4n) is 4.62. The molecule has 1 atom stereocenters. The molecule has 0 bridgehead atoms. The molecule has 0 N–H and O–H groups in total. The number of methoxy groups -OCH3 is 1. The third kappa shape index (κ3) is 5.19. The van der Waals surface area contributed by atoms with Gasteiger partial charge in [0.1, 0.15) is 11.5 Å². The van der Waals surface area contributed by atoms with Crippen molar-refractivity contribution in [2.75, 3.05) is 37.6 Å². The molecule has 0 saturated carbocycles. The molecule has 0 fully saturated rings. The average molecular weight is 459 g/mol. The van der Waals surface area contributed by atoms with E-state index in [1.165, 1.54) is 5.56 Å². The number of hydrogen-bond acceptors (Lipinski definition) is 4. The minimum absolute atomic E-state index is 0.120. The maximum atomic E-state index is 14.1. The Morgan fingerprint density at radius 2 is 1.62 bits per heavy atom. The van der Waals surface area contributed by atoms with Gasteiger partial charge in [-0.25, -0.2) is 0 Å². The molecule has 0 aliphatic heterocycles. The van der Waals surface area contributed by atoms with Crippen LogP contribution in [-0.2, 0) is 17.8 Å². The number of amides is 1. The van der Waals surface area contributed by atoms with Gasteiger partial charge in [-0.15, -0.1) is 0 Å². The molecule has 0 saturated heterocycles. The van der Waals surface area contributed by atoms with E-state index in [-0.39, 0.29) is 11.8 Å². The Balaban J connectivity index is 1.68. The molecule has 1 aliphatic carbocycles. The van der Waals surface area contributed by atoms with Crippen molar-refractivity contribution in [3.8, 4) is 11.5 Å². The summed E-state index contributed by atoms with van der Waals surface area (Å²) in [6, 6.07) is 22.4. The first-order valence-electron chi connectivity index (χ1n) is 12.0. The molecule has 4 rings (SSSR count). The van der Waals surface area contributed by atoms with E-state index >= 15 is 0 Å². The van der Waals surface area contributed by atoms with Gasteiger partial charge in [0, 0.05) is 25.5 Å². The molecular formula is C29H34N2O3. The Kier molecular flexibility index (Phi) is 7.41. The number of benzene rings is 3. The highest BCUT2D eigenvalue weighted by Gasteiger charge is 2.31. The maximum Gasteiger partial charge on any atom is 0.234 e. The van der Waals surface area contributed by atoms with E-state index in [9.17, 15) is 4.79 Å². The van der Waals surface area contributed by atoms with E-state index in [0.29, 0.717) is 13.2 Å². The van der Waals surface area contributed by atoms with Gasteiger partial charge in [0.25, 0.3) is 0 Å². The Bertz CT molecular complexity index is 1110. The molecular weight excluding hydrogens is 424 g/mol. The Morgan fingerprint density at radius 3 is 2.26 bits per heavy atom. The van der Waals surface area contributed by atoms with Crippen molar-refractivity contribution in [2.24, 2.45) is 0 Å². The quantitative estimate of drug-likeness (QED) is 0.427. The molecule has 3 aromatic rings. The molecule has 1 unspecified atom stereocenters. The number of aryl methyl sites for hydroxylation is 1. The molecule has 0 spiro atoms. The van der Waals surface area contributed by atoms with Crippen LogP contribution in [0.4, 0.5) is 11.4 Å². The summed E-state index contributed by atoms with van der Waals surface area (Å²) in [6.45, 7) is 3.09. The van der Waals surface area contributed by atoms with E-state index in [4.69, 9.17) is 9.47 Å². The molecule has 34 heavy (non-hydrogen) atoms. The van der Waals surface area contributed by atoms with Crippen LogP contribution in [0.5, 0.6) is 11.5 Å². The van der Waals surface area contributed by atoms with Gasteiger partial charge in [0.15, 0.2) is 0 Å². The van der Waals surface area contributed by atoms with E-state index < -0.39 is 0 Å². The molecule has 0 radical (unpaired) electrons. The van der Waals surface area contributed by atoms with Gasteiger partial charge in [0.05, 0.1) is 26.2 Å². The SMILES string of the molecule is CCOc1ccc(N(Cc2ccc(N(C)C)cc2)C(=O)C2CCCc3ccc(OC)cc32)cc1. The number of anilines is 2. The zero-order valence-corrected chi connectivity index (χ0v) is 20.6. The summed E-state index contributed by atoms with van der Waals surface area (Å²) < 4.78 is 11.1. The first kappa shape index (κ1) is 23.7. The number of ether oxygens (including phenoxy) is 2. The zero-order valence-electron chi connectivity index (χ0n) is 20.6. The van der Waals surface area contributed by atoms with Crippen molar-refractivity contribution in [3.63, 3.8) is 0 Å². The van der Waals surface area contributed by atoms with Crippen LogP contribution in [0.15, 0.2) is 66.7 Å². The van der Waals surface area contributed by atoms with Crippen molar-refractivity contribution < 1.29 is 14.3 Å². The van der Waals surface area contributed by atoms with E-state index in [2.05, 4.69) is 35.2 Å². The first-order valence-corrected chi connectivity index (χ1v) is 12.0. The second-order valence-electron chi connectivity index (χ2n) is 8.92. The number of fused-ring (bicyclic) bond motifs is 1. The van der Waals surface area contributed by atoms with Gasteiger partial charge in [0.2, 0.25) is 5.91 Å². The summed E-state index contributed by atoms with van der Waals surface area (Å²) >= 11 is 0. The minimum Gasteiger partial charge on any atom is -0.497 e. The van der Waals surface area contributed by atoms with E-state index in [0.717, 1.165) is 53.3 Å². The summed E-state index contributed by atoms with van der Waals surface area (Å²) in [5, 5.41) is 0. The van der Waals surface area contributed by atoms with Gasteiger partial charge < -0.3 is 19.3 Å². The summed E-state index contributed by atoms with van der Waals surface area (Å²) in [4.78, 5) is 18.1. The lowest BCUT2D eigenvalue weighted by molar-refractivity contribution is -0.120. The van der Waals surface area contributed by atoms with Crippen LogP contribution >= 0.6 is 0 Å². The monoisotopic (exact) mass is 458 g/mol. The van der Waals surface area contributed by atoms with Crippen LogP contribution in [0, 0.1) is 0 Å². The normalized spacial score (nSPS) is 14.8. The number of rotatable bonds is 8. The van der Waals surface area contributed by atoms with Crippen LogP contribution in [-0.4, -0.2) is 33.7 Å². The molecule has 0 heterocycles. The Hall–Kier alpha value is -3.47. The summed E-state index contributed by atoms with van der Waals surface area (Å²) in [7, 11) is 5.73. The predicted molar refractivity (Wildman–Crippen MR) is 138 cm³/mol. The van der Waals surface area contributed by atoms with Crippen molar-refractivity contribution in [1.82, 2.24) is 0 Å². The van der Waals surface area contributed by atoms with Crippen LogP contribution in [0.2, 0.25) is 0 Å². The fraction of sp³-hybridized carbons (Fsp3) is 0.345. The third-order valence-corrected chi connectivity index (χ3v) is 6.48. The fourth-order valence-corrected chi connectivity index (χ4v) is 4.62. The van der Waals surface area contributed by atoms with Gasteiger partial charge in [-0.3, -0.25) is 4.79 Å². The van der Waals surface area contributed by atoms with Crippen LogP contribution in [0.1, 0.15) is 42.4 Å². The lowest BCUT2D eigenvalue weighted by atomic mass is 9.81. The van der Waals surface area contributed by atoms with Crippen molar-refractivity contribution in [2.45, 2.75) is 38.6 Å². The number of carbonyl (C=O) groups excluding carboxylic acids is 1. The maximum absolute atomic E-state index is 14.1. The van der Waals surface area contributed by atoms with Gasteiger partial charge in [-0.05, 0) is 91.4 Å². The Morgan fingerprint density at radius 1 is 0.941 bits per heavy atom. The second-order valence-corrected chi connectivity index (χ2v) is 8.92. The van der Waals surface area contributed by atoms with Crippen LogP contribution in [0.25, 0.3) is 0 Å². The summed E-state index contributed by atoms with van der Waals surface area (Å²) in [5.41, 5.74) is 5.44. The highest BCUT2D eigenvalue weighted by molar-refractivity contribution is 5.98. The molecule has 0 aromatic heterocycles. The molecule has 1 amide bonds. The van der Waals surface area contributed by atoms with Gasteiger partial charge in [-0.1, -0.05) is 18.2 Å². The van der Waals surface area contributed by atoms with Gasteiger partial charge in [-0.2, -0.15) is 0 Å². The van der Waals surface area contributed by atoms with Crippen molar-refractivity contribution in [1.29, 1.82) is 0 Å². The van der Waals surface area contributed by atoms with Crippen LogP contribution in [0.3, 0.4) is 0 Å². The van der Waals surface area contributed by atoms with Crippen molar-refractivity contribution >= 4 is 17.3 Å². The zero-order chi connectivity index (χ0) is 24.1. The topological polar surface area (TPSA) is 42.0 Å². The average Bonchev–Trinajstić information content (AvgIpc) is 2.87. The second kappa shape index (κ2) is 10.6. The number of nitrogens with zero attached hydrogens (tertiary/aromatic N) is 2. The highest BCUT2D eigenvalue weighted by atomic mass is 16.5. The van der Waals surface area contributed by atoms with E-state index in [1.807, 2.05) is 62.3 Å². The Labute approximate surface area is 202 Å². The van der Waals surface area contributed by atoms with Gasteiger partial charge >= 0.3 is 0 Å². The number of carbonyl (C=O) groups is 1. The highest BCUT2D eigenvalue weighted by Crippen LogP contribution is 2.37. The van der Waals surface area contributed by atoms with Crippen LogP contribution < -0.4 is 19.3 Å². The third-order valence-electron chi connectivity index (χ3n) is 6.48. The first-order chi connectivity index (χ1) is 16.5. The molecule has 3 aromatic carbocycles. The standard InChI is InChI=1S/C29H34N2O3/c1-5-34-25-17-14-24(15-18-25)31(20-21-9-12-23(13-10-21)30(2)3)29(32)27-8-6-7-22-11-16-26(33-4)19-28(22)27/h9-19,27H,5-8,20H2,1-4H3. The lowest BCUT2D eigenvalue weighted by Gasteiger charge is -2.31. The van der Waals surface area contributed by atoms with E-state index in [1.54, 1.807) is 7.11 Å². The summed E-state index contributed by atoms with van der Waals surface area (Å²) in [6.07, 6.45) is 2.84.